The van der Waals surface area contributed by atoms with Crippen LogP contribution < -0.4 is 4.90 Å². The molecule has 2 aromatic rings. The van der Waals surface area contributed by atoms with Crippen LogP contribution in [0.5, 0.6) is 0 Å². The number of esters is 1. The average molecular weight is 385 g/mol. The van der Waals surface area contributed by atoms with Crippen LogP contribution in [0.3, 0.4) is 0 Å². The highest BCUT2D eigenvalue weighted by atomic mass is 35.5. The number of rotatable bonds is 3. The van der Waals surface area contributed by atoms with Gasteiger partial charge in [0.25, 0.3) is 0 Å². The summed E-state index contributed by atoms with van der Waals surface area (Å²) in [6.45, 7) is 1.33. The summed E-state index contributed by atoms with van der Waals surface area (Å²) in [5.74, 6) is 0.198. The SMILES string of the molecule is O=C(OC1CCN(c2ccc(Cl)cn2)CC1)c1ccc(C(F)(F)F)cc1. The molecule has 3 rings (SSSR count). The van der Waals surface area contributed by atoms with Crippen LogP contribution in [0.2, 0.25) is 5.02 Å². The Morgan fingerprint density at radius 3 is 2.31 bits per heavy atom. The van der Waals surface area contributed by atoms with Gasteiger partial charge in [0.1, 0.15) is 11.9 Å². The first-order chi connectivity index (χ1) is 12.3. The number of hydrogen-bond donors (Lipinski definition) is 0. The third kappa shape index (κ3) is 4.46. The smallest absolute Gasteiger partial charge is 0.416 e. The lowest BCUT2D eigenvalue weighted by atomic mass is 10.1. The zero-order valence-corrected chi connectivity index (χ0v) is 14.4. The lowest BCUT2D eigenvalue weighted by Crippen LogP contribution is -2.38. The molecule has 0 spiro atoms. The zero-order valence-electron chi connectivity index (χ0n) is 13.7. The zero-order chi connectivity index (χ0) is 18.7. The van der Waals surface area contributed by atoms with Gasteiger partial charge in [0.05, 0.1) is 16.1 Å². The highest BCUT2D eigenvalue weighted by Crippen LogP contribution is 2.29. The Morgan fingerprint density at radius 1 is 1.12 bits per heavy atom. The van der Waals surface area contributed by atoms with Gasteiger partial charge in [-0.25, -0.2) is 9.78 Å². The molecule has 2 heterocycles. The van der Waals surface area contributed by atoms with Gasteiger partial charge >= 0.3 is 12.1 Å². The van der Waals surface area contributed by atoms with Crippen molar-refractivity contribution in [3.8, 4) is 0 Å². The topological polar surface area (TPSA) is 42.4 Å². The van der Waals surface area contributed by atoms with Crippen LogP contribution >= 0.6 is 11.6 Å². The Kier molecular flexibility index (Phi) is 5.36. The molecule has 26 heavy (non-hydrogen) atoms. The molecule has 0 saturated carbocycles. The van der Waals surface area contributed by atoms with Crippen molar-refractivity contribution in [2.24, 2.45) is 0 Å². The first-order valence-electron chi connectivity index (χ1n) is 8.07. The fraction of sp³-hybridized carbons (Fsp3) is 0.333. The van der Waals surface area contributed by atoms with Crippen molar-refractivity contribution in [2.45, 2.75) is 25.1 Å². The molecule has 1 aliphatic rings. The van der Waals surface area contributed by atoms with Crippen molar-refractivity contribution in [1.82, 2.24) is 4.98 Å². The fourth-order valence-electron chi connectivity index (χ4n) is 2.77. The summed E-state index contributed by atoms with van der Waals surface area (Å²) in [4.78, 5) is 18.4. The molecule has 1 fully saturated rings. The van der Waals surface area contributed by atoms with Crippen molar-refractivity contribution in [1.29, 1.82) is 0 Å². The molecule has 1 saturated heterocycles. The van der Waals surface area contributed by atoms with Crippen LogP contribution in [0, 0.1) is 0 Å². The molecule has 0 unspecified atom stereocenters. The summed E-state index contributed by atoms with van der Waals surface area (Å²) >= 11 is 5.82. The van der Waals surface area contributed by atoms with Crippen molar-refractivity contribution in [2.75, 3.05) is 18.0 Å². The number of carbonyl (C=O) groups excluding carboxylic acids is 1. The second kappa shape index (κ2) is 7.53. The Balaban J connectivity index is 1.54. The van der Waals surface area contributed by atoms with E-state index in [1.165, 1.54) is 0 Å². The summed E-state index contributed by atoms with van der Waals surface area (Å²) in [6, 6.07) is 7.63. The van der Waals surface area contributed by atoms with E-state index < -0.39 is 17.7 Å². The fourth-order valence-corrected chi connectivity index (χ4v) is 2.88. The Morgan fingerprint density at radius 2 is 1.77 bits per heavy atom. The second-order valence-electron chi connectivity index (χ2n) is 6.00. The van der Waals surface area contributed by atoms with Gasteiger partial charge in [-0.1, -0.05) is 11.6 Å². The molecule has 138 valence electrons. The quantitative estimate of drug-likeness (QED) is 0.726. The van der Waals surface area contributed by atoms with Gasteiger partial charge in [0, 0.05) is 32.1 Å². The largest absolute Gasteiger partial charge is 0.459 e. The van der Waals surface area contributed by atoms with E-state index in [2.05, 4.69) is 9.88 Å². The van der Waals surface area contributed by atoms with Gasteiger partial charge in [-0.05, 0) is 36.4 Å². The number of anilines is 1. The van der Waals surface area contributed by atoms with E-state index in [-0.39, 0.29) is 11.7 Å². The maximum atomic E-state index is 12.6. The standard InChI is InChI=1S/C18H16ClF3N2O2/c19-14-5-6-16(23-11-14)24-9-7-15(8-10-24)26-17(25)12-1-3-13(4-2-12)18(20,21)22/h1-6,11,15H,7-10H2. The van der Waals surface area contributed by atoms with Gasteiger partial charge in [-0.15, -0.1) is 0 Å². The maximum Gasteiger partial charge on any atom is 0.416 e. The number of pyridine rings is 1. The third-order valence-corrected chi connectivity index (χ3v) is 4.42. The van der Waals surface area contributed by atoms with Crippen molar-refractivity contribution >= 4 is 23.4 Å². The van der Waals surface area contributed by atoms with Crippen LogP contribution in [0.25, 0.3) is 0 Å². The first kappa shape index (κ1) is 18.5. The summed E-state index contributed by atoms with van der Waals surface area (Å²) < 4.78 is 43.1. The number of halogens is 4. The van der Waals surface area contributed by atoms with Gasteiger partial charge < -0.3 is 9.64 Å². The lowest BCUT2D eigenvalue weighted by Gasteiger charge is -2.32. The molecule has 1 aromatic carbocycles. The average Bonchev–Trinajstić information content (AvgIpc) is 2.62. The van der Waals surface area contributed by atoms with Crippen LogP contribution in [0.4, 0.5) is 19.0 Å². The molecule has 0 N–H and O–H groups in total. The normalized spacial score (nSPS) is 15.8. The minimum atomic E-state index is -4.43. The molecule has 0 amide bonds. The first-order valence-corrected chi connectivity index (χ1v) is 8.45. The highest BCUT2D eigenvalue weighted by molar-refractivity contribution is 6.30. The van der Waals surface area contributed by atoms with E-state index in [4.69, 9.17) is 16.3 Å². The van der Waals surface area contributed by atoms with Crippen LogP contribution in [-0.4, -0.2) is 30.1 Å². The minimum absolute atomic E-state index is 0.111. The van der Waals surface area contributed by atoms with Gasteiger partial charge in [0.2, 0.25) is 0 Å². The summed E-state index contributed by atoms with van der Waals surface area (Å²) in [7, 11) is 0. The predicted octanol–water partition coefficient (Wildman–Crippen LogP) is 4.58. The predicted molar refractivity (Wildman–Crippen MR) is 91.3 cm³/mol. The Labute approximate surface area is 153 Å². The monoisotopic (exact) mass is 384 g/mol. The van der Waals surface area contributed by atoms with Gasteiger partial charge in [0.15, 0.2) is 0 Å². The molecule has 0 bridgehead atoms. The lowest BCUT2D eigenvalue weighted by molar-refractivity contribution is -0.137. The third-order valence-electron chi connectivity index (χ3n) is 4.20. The van der Waals surface area contributed by atoms with Crippen LogP contribution in [0.15, 0.2) is 42.6 Å². The molecule has 1 aromatic heterocycles. The number of ether oxygens (including phenoxy) is 1. The minimum Gasteiger partial charge on any atom is -0.459 e. The number of benzene rings is 1. The van der Waals surface area contributed by atoms with E-state index in [9.17, 15) is 18.0 Å². The van der Waals surface area contributed by atoms with E-state index in [0.717, 1.165) is 30.1 Å². The number of alkyl halides is 3. The highest BCUT2D eigenvalue weighted by Gasteiger charge is 2.30. The molecule has 0 aliphatic carbocycles. The summed E-state index contributed by atoms with van der Waals surface area (Å²) in [5.41, 5.74) is -0.683. The number of nitrogens with zero attached hydrogens (tertiary/aromatic N) is 2. The Bertz CT molecular complexity index is 756. The molecule has 0 radical (unpaired) electrons. The summed E-state index contributed by atoms with van der Waals surface area (Å²) in [5, 5.41) is 0.564. The van der Waals surface area contributed by atoms with E-state index >= 15 is 0 Å². The van der Waals surface area contributed by atoms with Crippen LogP contribution in [-0.2, 0) is 10.9 Å². The molecular formula is C18H16ClF3N2O2. The number of hydrogen-bond acceptors (Lipinski definition) is 4. The number of piperidine rings is 1. The number of aromatic nitrogens is 1. The van der Waals surface area contributed by atoms with Crippen molar-refractivity contribution in [3.05, 3.63) is 58.7 Å². The Hall–Kier alpha value is -2.28. The van der Waals surface area contributed by atoms with E-state index in [1.807, 2.05) is 6.07 Å². The molecule has 1 aliphatic heterocycles. The van der Waals surface area contributed by atoms with Crippen molar-refractivity contribution < 1.29 is 22.7 Å². The summed E-state index contributed by atoms with van der Waals surface area (Å²) in [6.07, 6.45) is -1.88. The van der Waals surface area contributed by atoms with Gasteiger partial charge in [-0.2, -0.15) is 13.2 Å². The van der Waals surface area contributed by atoms with E-state index in [0.29, 0.717) is 31.0 Å². The van der Waals surface area contributed by atoms with Crippen LogP contribution in [0.1, 0.15) is 28.8 Å². The van der Waals surface area contributed by atoms with E-state index in [1.54, 1.807) is 12.3 Å². The molecule has 0 atom stereocenters. The molecule has 8 heteroatoms. The molecular weight excluding hydrogens is 369 g/mol. The second-order valence-corrected chi connectivity index (χ2v) is 6.44. The molecule has 4 nitrogen and oxygen atoms in total. The van der Waals surface area contributed by atoms with Crippen molar-refractivity contribution in [3.63, 3.8) is 0 Å². The number of carbonyl (C=O) groups is 1. The maximum absolute atomic E-state index is 12.6. The van der Waals surface area contributed by atoms with Gasteiger partial charge in [-0.3, -0.25) is 0 Å².